The zero-order chi connectivity index (χ0) is 19.9. The number of halogens is 1. The van der Waals surface area contributed by atoms with Crippen LogP contribution in [-0.2, 0) is 14.8 Å². The number of hydrogen-bond donors (Lipinski definition) is 1. The van der Waals surface area contributed by atoms with E-state index < -0.39 is 16.1 Å². The number of carbonyl (C=O) groups is 1. The summed E-state index contributed by atoms with van der Waals surface area (Å²) >= 11 is 5.98. The number of amides is 1. The minimum Gasteiger partial charge on any atom is -0.354 e. The lowest BCUT2D eigenvalue weighted by molar-refractivity contribution is -0.121. The Balaban J connectivity index is 1.91. The third-order valence-corrected chi connectivity index (χ3v) is 6.28. The topological polar surface area (TPSA) is 69.7 Å². The molecule has 1 N–H and O–H groups in total. The van der Waals surface area contributed by atoms with Crippen molar-refractivity contribution >= 4 is 33.2 Å². The van der Waals surface area contributed by atoms with E-state index in [9.17, 15) is 13.2 Å². The summed E-state index contributed by atoms with van der Waals surface area (Å²) in [7, 11) is -3.63. The van der Waals surface area contributed by atoms with Gasteiger partial charge in [0.25, 0.3) is 0 Å². The van der Waals surface area contributed by atoms with Crippen LogP contribution in [-0.4, -0.2) is 57.7 Å². The fraction of sp³-hybridized carbons (Fsp3) is 0.632. The summed E-state index contributed by atoms with van der Waals surface area (Å²) in [6, 6.07) is 5.67. The summed E-state index contributed by atoms with van der Waals surface area (Å²) in [5, 5.41) is 3.29. The van der Waals surface area contributed by atoms with Crippen LogP contribution < -0.4 is 9.62 Å². The highest BCUT2D eigenvalue weighted by Gasteiger charge is 2.29. The number of anilines is 1. The quantitative estimate of drug-likeness (QED) is 0.663. The minimum absolute atomic E-state index is 0.309. The van der Waals surface area contributed by atoms with Gasteiger partial charge < -0.3 is 10.2 Å². The summed E-state index contributed by atoms with van der Waals surface area (Å²) in [6.07, 6.45) is 7.04. The van der Waals surface area contributed by atoms with Gasteiger partial charge in [-0.25, -0.2) is 8.42 Å². The molecule has 1 aliphatic rings. The predicted molar refractivity (Wildman–Crippen MR) is 111 cm³/mol. The molecule has 0 radical (unpaired) electrons. The fourth-order valence-electron chi connectivity index (χ4n) is 3.44. The maximum absolute atomic E-state index is 12.5. The van der Waals surface area contributed by atoms with E-state index in [1.807, 2.05) is 0 Å². The summed E-state index contributed by atoms with van der Waals surface area (Å²) in [4.78, 5) is 15.0. The van der Waals surface area contributed by atoms with E-state index >= 15 is 0 Å². The second kappa shape index (κ2) is 10.3. The third kappa shape index (κ3) is 6.97. The van der Waals surface area contributed by atoms with E-state index in [0.717, 1.165) is 36.6 Å². The molecule has 0 aromatic heterocycles. The molecule has 152 valence electrons. The van der Waals surface area contributed by atoms with Crippen LogP contribution >= 0.6 is 11.6 Å². The van der Waals surface area contributed by atoms with Gasteiger partial charge in [0.1, 0.15) is 6.04 Å². The molecule has 8 heteroatoms. The number of rotatable bonds is 8. The molecule has 6 nitrogen and oxygen atoms in total. The van der Waals surface area contributed by atoms with Crippen molar-refractivity contribution in [1.82, 2.24) is 10.2 Å². The number of benzene rings is 1. The number of nitrogens with zero attached hydrogens (tertiary/aromatic N) is 2. The summed E-state index contributed by atoms with van der Waals surface area (Å²) in [5.41, 5.74) is 0.386. The lowest BCUT2D eigenvalue weighted by Gasteiger charge is -2.28. The van der Waals surface area contributed by atoms with E-state index in [0.29, 0.717) is 17.3 Å². The van der Waals surface area contributed by atoms with E-state index in [1.54, 1.807) is 31.2 Å². The molecule has 2 rings (SSSR count). The standard InChI is InChI=1S/C19H30ClN3O3S/c1-16(23(27(2,25)26)18-10-7-9-17(20)15-18)19(24)21-11-8-14-22-12-5-3-4-6-13-22/h7,9-10,15-16H,3-6,8,11-14H2,1-2H3,(H,21,24). The molecule has 1 aromatic carbocycles. The molecular weight excluding hydrogens is 386 g/mol. The first-order chi connectivity index (χ1) is 12.8. The van der Waals surface area contributed by atoms with Crippen LogP contribution in [0, 0.1) is 0 Å². The SMILES string of the molecule is CC(C(=O)NCCCN1CCCCCC1)N(c1cccc(Cl)c1)S(C)(=O)=O. The van der Waals surface area contributed by atoms with Gasteiger partial charge in [-0.1, -0.05) is 30.5 Å². The van der Waals surface area contributed by atoms with Gasteiger partial charge in [-0.05, 0) is 64.0 Å². The van der Waals surface area contributed by atoms with Crippen LogP contribution in [0.3, 0.4) is 0 Å². The lowest BCUT2D eigenvalue weighted by atomic mass is 10.2. The normalized spacial score (nSPS) is 17.1. The Morgan fingerprint density at radius 1 is 1.26 bits per heavy atom. The molecule has 1 aliphatic heterocycles. The van der Waals surface area contributed by atoms with Crippen molar-refractivity contribution in [2.75, 3.05) is 36.7 Å². The molecule has 0 bridgehead atoms. The highest BCUT2D eigenvalue weighted by Crippen LogP contribution is 2.24. The Labute approximate surface area is 167 Å². The zero-order valence-corrected chi connectivity index (χ0v) is 17.7. The summed E-state index contributed by atoms with van der Waals surface area (Å²) in [5.74, 6) is -0.309. The summed E-state index contributed by atoms with van der Waals surface area (Å²) in [6.45, 7) is 5.33. The number of nitrogens with one attached hydrogen (secondary N) is 1. The average molecular weight is 416 g/mol. The third-order valence-electron chi connectivity index (χ3n) is 4.80. The molecule has 1 unspecified atom stereocenters. The van der Waals surface area contributed by atoms with Crippen molar-refractivity contribution in [1.29, 1.82) is 0 Å². The van der Waals surface area contributed by atoms with E-state index in [1.165, 1.54) is 25.7 Å². The van der Waals surface area contributed by atoms with Gasteiger partial charge in [0, 0.05) is 11.6 Å². The van der Waals surface area contributed by atoms with Crippen molar-refractivity contribution in [3.63, 3.8) is 0 Å². The molecule has 1 heterocycles. The van der Waals surface area contributed by atoms with Gasteiger partial charge in [0.2, 0.25) is 15.9 Å². The van der Waals surface area contributed by atoms with Gasteiger partial charge in [0.05, 0.1) is 11.9 Å². The Kier molecular flexibility index (Phi) is 8.38. The van der Waals surface area contributed by atoms with Gasteiger partial charge >= 0.3 is 0 Å². The second-order valence-corrected chi connectivity index (χ2v) is 9.41. The molecule has 1 saturated heterocycles. The second-order valence-electron chi connectivity index (χ2n) is 7.12. The lowest BCUT2D eigenvalue weighted by Crippen LogP contribution is -2.48. The van der Waals surface area contributed by atoms with Crippen LogP contribution in [0.25, 0.3) is 0 Å². The van der Waals surface area contributed by atoms with Crippen LogP contribution in [0.1, 0.15) is 39.0 Å². The Bertz CT molecular complexity index is 719. The first kappa shape index (κ1) is 22.0. The van der Waals surface area contributed by atoms with E-state index in [-0.39, 0.29) is 5.91 Å². The first-order valence-electron chi connectivity index (χ1n) is 9.54. The zero-order valence-electron chi connectivity index (χ0n) is 16.2. The Hall–Kier alpha value is -1.31. The smallest absolute Gasteiger partial charge is 0.243 e. The Morgan fingerprint density at radius 2 is 1.93 bits per heavy atom. The molecule has 0 spiro atoms. The number of carbonyl (C=O) groups excluding carboxylic acids is 1. The summed E-state index contributed by atoms with van der Waals surface area (Å²) < 4.78 is 25.6. The highest BCUT2D eigenvalue weighted by atomic mass is 35.5. The van der Waals surface area contributed by atoms with Crippen LogP contribution in [0.2, 0.25) is 5.02 Å². The molecule has 1 atom stereocenters. The largest absolute Gasteiger partial charge is 0.354 e. The maximum Gasteiger partial charge on any atom is 0.243 e. The molecule has 0 aliphatic carbocycles. The predicted octanol–water partition coefficient (Wildman–Crippen LogP) is 2.88. The Morgan fingerprint density at radius 3 is 2.52 bits per heavy atom. The number of sulfonamides is 1. The van der Waals surface area contributed by atoms with Crippen molar-refractivity contribution in [2.24, 2.45) is 0 Å². The highest BCUT2D eigenvalue weighted by molar-refractivity contribution is 7.92. The maximum atomic E-state index is 12.5. The van der Waals surface area contributed by atoms with Crippen molar-refractivity contribution in [3.05, 3.63) is 29.3 Å². The van der Waals surface area contributed by atoms with Crippen molar-refractivity contribution < 1.29 is 13.2 Å². The molecule has 1 fully saturated rings. The van der Waals surface area contributed by atoms with Gasteiger partial charge in [-0.2, -0.15) is 0 Å². The average Bonchev–Trinajstić information content (AvgIpc) is 2.86. The van der Waals surface area contributed by atoms with Crippen molar-refractivity contribution in [3.8, 4) is 0 Å². The van der Waals surface area contributed by atoms with Gasteiger partial charge in [0.15, 0.2) is 0 Å². The monoisotopic (exact) mass is 415 g/mol. The van der Waals surface area contributed by atoms with Gasteiger partial charge in [-0.3, -0.25) is 9.10 Å². The first-order valence-corrected chi connectivity index (χ1v) is 11.8. The minimum atomic E-state index is -3.63. The van der Waals surface area contributed by atoms with E-state index in [4.69, 9.17) is 11.6 Å². The molecular formula is C19H30ClN3O3S. The molecule has 1 aromatic rings. The van der Waals surface area contributed by atoms with Crippen LogP contribution in [0.5, 0.6) is 0 Å². The molecule has 27 heavy (non-hydrogen) atoms. The van der Waals surface area contributed by atoms with Crippen LogP contribution in [0.4, 0.5) is 5.69 Å². The molecule has 1 amide bonds. The van der Waals surface area contributed by atoms with E-state index in [2.05, 4.69) is 10.2 Å². The van der Waals surface area contributed by atoms with Crippen molar-refractivity contribution in [2.45, 2.75) is 45.1 Å². The number of hydrogen-bond acceptors (Lipinski definition) is 4. The molecule has 0 saturated carbocycles. The van der Waals surface area contributed by atoms with Crippen LogP contribution in [0.15, 0.2) is 24.3 Å². The van der Waals surface area contributed by atoms with Gasteiger partial charge in [-0.15, -0.1) is 0 Å². The number of likely N-dealkylation sites (tertiary alicyclic amines) is 1. The fourth-order valence-corrected chi connectivity index (χ4v) is 4.79.